The Hall–Kier alpha value is -3.23. The van der Waals surface area contributed by atoms with Gasteiger partial charge in [0.2, 0.25) is 11.8 Å². The van der Waals surface area contributed by atoms with Gasteiger partial charge in [-0.1, -0.05) is 62.4 Å². The first-order chi connectivity index (χ1) is 20.4. The van der Waals surface area contributed by atoms with Crippen molar-refractivity contribution in [2.75, 3.05) is 5.75 Å². The molecule has 0 saturated heterocycles. The van der Waals surface area contributed by atoms with Gasteiger partial charge in [0.25, 0.3) is 0 Å². The van der Waals surface area contributed by atoms with Crippen molar-refractivity contribution >= 4 is 21.7 Å². The van der Waals surface area contributed by atoms with Gasteiger partial charge in [0, 0.05) is 19.0 Å². The van der Waals surface area contributed by atoms with Crippen LogP contribution in [0.2, 0.25) is 0 Å². The molecule has 1 aliphatic rings. The zero-order chi connectivity index (χ0) is 31.5. The first kappa shape index (κ1) is 34.3. The summed E-state index contributed by atoms with van der Waals surface area (Å²) in [6.07, 6.45) is 8.90. The van der Waals surface area contributed by atoms with E-state index in [0.29, 0.717) is 18.0 Å². The Bertz CT molecular complexity index is 1300. The van der Waals surface area contributed by atoms with E-state index < -0.39 is 50.5 Å². The third-order valence-electron chi connectivity index (χ3n) is 8.31. The van der Waals surface area contributed by atoms with Gasteiger partial charge in [-0.25, -0.2) is 13.4 Å². The number of hydrogen-bond donors (Lipinski definition) is 4. The molecular formula is C32H47N5O5S. The van der Waals surface area contributed by atoms with Gasteiger partial charge < -0.3 is 20.7 Å². The predicted molar refractivity (Wildman–Crippen MR) is 165 cm³/mol. The number of amides is 2. The van der Waals surface area contributed by atoms with Crippen molar-refractivity contribution in [2.45, 2.75) is 108 Å². The van der Waals surface area contributed by atoms with E-state index in [1.807, 2.05) is 30.3 Å². The molecule has 2 aromatic rings. The number of carbonyl (C=O) groups excluding carboxylic acids is 2. The third kappa shape index (κ3) is 10.8. The highest BCUT2D eigenvalue weighted by Gasteiger charge is 2.36. The van der Waals surface area contributed by atoms with Crippen LogP contribution in [0.3, 0.4) is 0 Å². The molecule has 3 rings (SSSR count). The molecule has 1 aromatic carbocycles. The lowest BCUT2D eigenvalue weighted by Gasteiger charge is -2.31. The number of nitrogens with one attached hydrogen (secondary N) is 3. The van der Waals surface area contributed by atoms with Crippen LogP contribution >= 0.6 is 0 Å². The third-order valence-corrected chi connectivity index (χ3v) is 11.0. The summed E-state index contributed by atoms with van der Waals surface area (Å²) < 4.78 is 25.4. The van der Waals surface area contributed by atoms with Gasteiger partial charge in [-0.05, 0) is 51.5 Å². The molecule has 0 bridgehead atoms. The van der Waals surface area contributed by atoms with E-state index in [0.717, 1.165) is 31.2 Å². The molecule has 4 atom stereocenters. The number of H-pyrrole nitrogens is 1. The number of nitriles is 1. The lowest BCUT2D eigenvalue weighted by molar-refractivity contribution is -0.131. The highest BCUT2D eigenvalue weighted by Crippen LogP contribution is 2.29. The minimum atomic E-state index is -3.66. The molecule has 1 saturated carbocycles. The minimum absolute atomic E-state index is 0.0790. The van der Waals surface area contributed by atoms with Crippen LogP contribution in [0.5, 0.6) is 0 Å². The molecule has 236 valence electrons. The molecular weight excluding hydrogens is 566 g/mol. The quantitative estimate of drug-likeness (QED) is 0.238. The Labute approximate surface area is 256 Å². The van der Waals surface area contributed by atoms with Gasteiger partial charge in [-0.3, -0.25) is 9.59 Å². The predicted octanol–water partition coefficient (Wildman–Crippen LogP) is 3.63. The lowest BCUT2D eigenvalue weighted by atomic mass is 9.83. The number of aromatic nitrogens is 2. The Morgan fingerprint density at radius 1 is 1.09 bits per heavy atom. The summed E-state index contributed by atoms with van der Waals surface area (Å²) in [6, 6.07) is 9.63. The van der Waals surface area contributed by atoms with Gasteiger partial charge in [0.1, 0.15) is 6.04 Å². The van der Waals surface area contributed by atoms with Crippen LogP contribution in [0, 0.1) is 23.2 Å². The average molecular weight is 614 g/mol. The van der Waals surface area contributed by atoms with Gasteiger partial charge in [-0.15, -0.1) is 0 Å². The van der Waals surface area contributed by atoms with Crippen molar-refractivity contribution in [1.29, 1.82) is 5.26 Å². The number of hydrogen-bond acceptors (Lipinski definition) is 7. The molecule has 2 unspecified atom stereocenters. The number of benzene rings is 1. The van der Waals surface area contributed by atoms with Crippen LogP contribution in [0.1, 0.15) is 83.4 Å². The standard InChI is InChI=1S/C32H47N5O5S/c1-32(2,3)43(41,42)21-25(17-23-11-6-4-7-12-23)30(39)37-28(19-26-20-34-22-35-26)31(40)36-27(29(38)15-10-16-33)18-24-13-8-5-9-14-24/h4,6-7,11-12,20,22,24-25,27-29,38H,5,8-10,13-15,17-19,21H2,1-3H3,(H,34,35)(H,36,40)(H,37,39)/t25?,27-,28?,29-/m0/s1. The molecule has 1 aliphatic carbocycles. The lowest BCUT2D eigenvalue weighted by Crippen LogP contribution is -2.55. The number of nitrogens with zero attached hydrogens (tertiary/aromatic N) is 2. The number of aliphatic hydroxyl groups excluding tert-OH is 1. The largest absolute Gasteiger partial charge is 0.391 e. The molecule has 1 heterocycles. The monoisotopic (exact) mass is 613 g/mol. The van der Waals surface area contributed by atoms with Crippen LogP contribution in [0.15, 0.2) is 42.9 Å². The number of aromatic amines is 1. The molecule has 0 radical (unpaired) electrons. The van der Waals surface area contributed by atoms with E-state index in [4.69, 9.17) is 5.26 Å². The number of aliphatic hydroxyl groups is 1. The maximum atomic E-state index is 13.8. The van der Waals surface area contributed by atoms with Gasteiger partial charge >= 0.3 is 0 Å². The Morgan fingerprint density at radius 3 is 2.40 bits per heavy atom. The van der Waals surface area contributed by atoms with Gasteiger partial charge in [0.05, 0.1) is 46.7 Å². The van der Waals surface area contributed by atoms with E-state index in [9.17, 15) is 23.1 Å². The first-order valence-electron chi connectivity index (χ1n) is 15.3. The summed E-state index contributed by atoms with van der Waals surface area (Å²) in [5.41, 5.74) is 1.37. The topological polar surface area (TPSA) is 165 Å². The highest BCUT2D eigenvalue weighted by atomic mass is 32.2. The summed E-state index contributed by atoms with van der Waals surface area (Å²) in [7, 11) is -3.66. The maximum Gasteiger partial charge on any atom is 0.243 e. The fourth-order valence-corrected chi connectivity index (χ4v) is 6.84. The smallest absolute Gasteiger partial charge is 0.243 e. The summed E-state index contributed by atoms with van der Waals surface area (Å²) >= 11 is 0. The SMILES string of the molecule is CC(C)(C)S(=O)(=O)CC(Cc1ccccc1)C(=O)NC(Cc1c[nH]cn1)C(=O)N[C@@H](CC1CCCCC1)[C@@H](O)CCC#N. The van der Waals surface area contributed by atoms with Crippen LogP contribution in [-0.2, 0) is 32.3 Å². The molecule has 4 N–H and O–H groups in total. The zero-order valence-electron chi connectivity index (χ0n) is 25.6. The zero-order valence-corrected chi connectivity index (χ0v) is 26.4. The normalized spacial score (nSPS) is 17.3. The van der Waals surface area contributed by atoms with E-state index in [1.54, 1.807) is 27.0 Å². The average Bonchev–Trinajstić information content (AvgIpc) is 3.48. The number of rotatable bonds is 15. The molecule has 2 amide bonds. The van der Waals surface area contributed by atoms with Crippen molar-refractivity contribution in [3.63, 3.8) is 0 Å². The minimum Gasteiger partial charge on any atom is -0.391 e. The van der Waals surface area contributed by atoms with Crippen LogP contribution < -0.4 is 10.6 Å². The van der Waals surface area contributed by atoms with E-state index in [-0.39, 0.29) is 31.4 Å². The molecule has 43 heavy (non-hydrogen) atoms. The van der Waals surface area contributed by atoms with Crippen LogP contribution in [0.25, 0.3) is 0 Å². The second-order valence-electron chi connectivity index (χ2n) is 12.7. The summed E-state index contributed by atoms with van der Waals surface area (Å²) in [5, 5.41) is 25.8. The fraction of sp³-hybridized carbons (Fsp3) is 0.625. The maximum absolute atomic E-state index is 13.8. The van der Waals surface area contributed by atoms with Crippen molar-refractivity contribution in [2.24, 2.45) is 11.8 Å². The van der Waals surface area contributed by atoms with Crippen LogP contribution in [0.4, 0.5) is 0 Å². The first-order valence-corrected chi connectivity index (χ1v) is 16.9. The number of sulfone groups is 1. The van der Waals surface area contributed by atoms with Crippen molar-refractivity contribution in [3.05, 3.63) is 54.1 Å². The van der Waals surface area contributed by atoms with E-state index in [2.05, 4.69) is 26.7 Å². The van der Waals surface area contributed by atoms with Gasteiger partial charge in [0.15, 0.2) is 9.84 Å². The summed E-state index contributed by atoms with van der Waals surface area (Å²) in [4.78, 5) is 34.7. The Balaban J connectivity index is 1.85. The molecule has 1 aromatic heterocycles. The molecule has 1 fully saturated rings. The highest BCUT2D eigenvalue weighted by molar-refractivity contribution is 7.92. The molecule has 0 aliphatic heterocycles. The van der Waals surface area contributed by atoms with Crippen molar-refractivity contribution in [1.82, 2.24) is 20.6 Å². The van der Waals surface area contributed by atoms with Crippen molar-refractivity contribution in [3.8, 4) is 6.07 Å². The summed E-state index contributed by atoms with van der Waals surface area (Å²) in [5.74, 6) is -1.97. The molecule has 10 nitrogen and oxygen atoms in total. The molecule has 11 heteroatoms. The van der Waals surface area contributed by atoms with Crippen molar-refractivity contribution < 1.29 is 23.1 Å². The van der Waals surface area contributed by atoms with E-state index in [1.165, 1.54) is 12.7 Å². The van der Waals surface area contributed by atoms with Crippen LogP contribution in [-0.4, -0.2) is 64.0 Å². The molecule has 0 spiro atoms. The summed E-state index contributed by atoms with van der Waals surface area (Å²) in [6.45, 7) is 4.83. The second-order valence-corrected chi connectivity index (χ2v) is 15.5. The Kier molecular flexibility index (Phi) is 12.8. The number of imidazole rings is 1. The van der Waals surface area contributed by atoms with E-state index >= 15 is 0 Å². The second kappa shape index (κ2) is 16.0. The fourth-order valence-electron chi connectivity index (χ4n) is 5.54. The Morgan fingerprint density at radius 2 is 1.79 bits per heavy atom. The number of carbonyl (C=O) groups is 2. The van der Waals surface area contributed by atoms with Gasteiger partial charge in [-0.2, -0.15) is 5.26 Å².